The lowest BCUT2D eigenvalue weighted by molar-refractivity contribution is 0.128. The minimum absolute atomic E-state index is 0.0685. The fourth-order valence-corrected chi connectivity index (χ4v) is 5.47. The molecule has 6 rings (SSSR count). The number of nitrogens with one attached hydrogen (secondary N) is 2. The number of halogens is 1. The normalized spacial score (nSPS) is 15.5. The van der Waals surface area contributed by atoms with E-state index in [2.05, 4.69) is 25.2 Å². The summed E-state index contributed by atoms with van der Waals surface area (Å²) >= 11 is 5.96. The van der Waals surface area contributed by atoms with Crippen LogP contribution in [0.4, 0.5) is 5.82 Å². The van der Waals surface area contributed by atoms with Gasteiger partial charge in [-0.05, 0) is 49.1 Å². The highest BCUT2D eigenvalue weighted by Crippen LogP contribution is 2.30. The van der Waals surface area contributed by atoms with Crippen molar-refractivity contribution in [3.05, 3.63) is 81.8 Å². The number of aromatic amines is 1. The van der Waals surface area contributed by atoms with E-state index in [4.69, 9.17) is 16.6 Å². The molecule has 11 heteroatoms. The summed E-state index contributed by atoms with van der Waals surface area (Å²) < 4.78 is 3.69. The second-order valence-electron chi connectivity index (χ2n) is 9.67. The van der Waals surface area contributed by atoms with E-state index in [1.54, 1.807) is 10.9 Å². The Kier molecular flexibility index (Phi) is 6.61. The predicted molar refractivity (Wildman–Crippen MR) is 147 cm³/mol. The molecule has 0 aliphatic carbocycles. The van der Waals surface area contributed by atoms with E-state index in [1.165, 1.54) is 0 Å². The van der Waals surface area contributed by atoms with Crippen molar-refractivity contribution < 1.29 is 5.11 Å². The number of hydrogen-bond acceptors (Lipinski definition) is 7. The highest BCUT2D eigenvalue weighted by Gasteiger charge is 2.27. The van der Waals surface area contributed by atoms with Gasteiger partial charge in [-0.1, -0.05) is 35.9 Å². The summed E-state index contributed by atoms with van der Waals surface area (Å²) in [5.41, 5.74) is 4.18. The van der Waals surface area contributed by atoms with Gasteiger partial charge in [0.15, 0.2) is 29.0 Å². The fraction of sp³-hybridized carbons (Fsp3) is 0.333. The number of aromatic nitrogens is 6. The third-order valence-corrected chi connectivity index (χ3v) is 7.59. The zero-order valence-electron chi connectivity index (χ0n) is 21.0. The van der Waals surface area contributed by atoms with Crippen LogP contribution in [0.3, 0.4) is 0 Å². The number of anilines is 1. The lowest BCUT2D eigenvalue weighted by atomic mass is 10.0. The first kappa shape index (κ1) is 24.6. The van der Waals surface area contributed by atoms with Crippen molar-refractivity contribution in [2.75, 3.05) is 24.5 Å². The van der Waals surface area contributed by atoms with E-state index in [-0.39, 0.29) is 11.7 Å². The summed E-state index contributed by atoms with van der Waals surface area (Å²) in [6, 6.07) is 15.6. The Morgan fingerprint density at radius 2 is 1.89 bits per heavy atom. The van der Waals surface area contributed by atoms with Gasteiger partial charge in [0.25, 0.3) is 0 Å². The van der Waals surface area contributed by atoms with Crippen LogP contribution in [0, 0.1) is 0 Å². The van der Waals surface area contributed by atoms with Crippen molar-refractivity contribution in [3.8, 4) is 0 Å². The van der Waals surface area contributed by atoms with E-state index in [1.807, 2.05) is 60.1 Å². The molecule has 3 aromatic heterocycles. The Morgan fingerprint density at radius 3 is 2.68 bits per heavy atom. The molecule has 3 N–H and O–H groups in total. The Balaban J connectivity index is 1.17. The van der Waals surface area contributed by atoms with E-state index < -0.39 is 6.23 Å². The fourth-order valence-electron chi connectivity index (χ4n) is 5.35. The quantitative estimate of drug-likeness (QED) is 0.275. The largest absolute Gasteiger partial charge is 0.371 e. The van der Waals surface area contributed by atoms with Crippen LogP contribution in [0.2, 0.25) is 5.02 Å². The third kappa shape index (κ3) is 4.55. The Bertz CT molecular complexity index is 1630. The van der Waals surface area contributed by atoms with Crippen LogP contribution >= 0.6 is 11.6 Å². The molecule has 1 fully saturated rings. The van der Waals surface area contributed by atoms with Gasteiger partial charge in [-0.3, -0.25) is 9.88 Å². The summed E-state index contributed by atoms with van der Waals surface area (Å²) in [6.07, 6.45) is 2.95. The van der Waals surface area contributed by atoms with Gasteiger partial charge in [0.05, 0.1) is 11.0 Å². The molecule has 1 aliphatic rings. The molecule has 0 saturated carbocycles. The first-order chi connectivity index (χ1) is 18.5. The molecule has 5 aromatic rings. The number of imidazole rings is 2. The number of para-hydroxylation sites is 2. The minimum atomic E-state index is -0.950. The lowest BCUT2D eigenvalue weighted by Crippen LogP contribution is -2.37. The van der Waals surface area contributed by atoms with Gasteiger partial charge in [0.2, 0.25) is 0 Å². The molecule has 0 amide bonds. The zero-order chi connectivity index (χ0) is 26.2. The molecule has 0 spiro atoms. The number of rotatable bonds is 7. The van der Waals surface area contributed by atoms with E-state index >= 15 is 0 Å². The molecular weight excluding hydrogens is 504 g/mol. The highest BCUT2D eigenvalue weighted by molar-refractivity contribution is 6.30. The van der Waals surface area contributed by atoms with Crippen molar-refractivity contribution in [3.63, 3.8) is 0 Å². The third-order valence-electron chi connectivity index (χ3n) is 7.33. The number of fused-ring (bicyclic) bond motifs is 2. The number of piperidine rings is 1. The number of aliphatic hydroxyl groups excluding tert-OH is 1. The summed E-state index contributed by atoms with van der Waals surface area (Å²) in [5.74, 6) is 1.23. The van der Waals surface area contributed by atoms with Gasteiger partial charge in [0.1, 0.15) is 6.33 Å². The number of hydrogen-bond donors (Lipinski definition) is 3. The molecule has 1 unspecified atom stereocenters. The van der Waals surface area contributed by atoms with Gasteiger partial charge >= 0.3 is 5.69 Å². The monoisotopic (exact) mass is 532 g/mol. The standard InChI is InChI=1S/C27H29ClN8O2/c1-34-23-22(33-25(34)26(37)29-13-10-17-6-8-18(28)9-7-17)24(31-16-30-23)35-14-11-19(12-15-35)36-21-5-3-2-4-20(21)32-27(36)38/h2-9,16,19,26,29,37H,10-15H2,1H3,(H,32,38). The SMILES string of the molecule is Cn1c(C(O)NCCc2ccc(Cl)cc2)nc2c(N3CCC(n4c(=O)[nH]c5ccccc54)CC3)ncnc21. The average Bonchev–Trinajstić information content (AvgIpc) is 3.46. The van der Waals surface area contributed by atoms with Crippen LogP contribution in [-0.2, 0) is 13.5 Å². The maximum absolute atomic E-state index is 12.7. The van der Waals surface area contributed by atoms with Gasteiger partial charge in [-0.2, -0.15) is 0 Å². The molecule has 0 radical (unpaired) electrons. The Morgan fingerprint density at radius 1 is 1.13 bits per heavy atom. The summed E-state index contributed by atoms with van der Waals surface area (Å²) in [7, 11) is 1.85. The molecular formula is C27H29ClN8O2. The van der Waals surface area contributed by atoms with Gasteiger partial charge in [-0.25, -0.2) is 19.7 Å². The number of aliphatic hydroxyl groups is 1. The molecule has 10 nitrogen and oxygen atoms in total. The second kappa shape index (κ2) is 10.2. The first-order valence-corrected chi connectivity index (χ1v) is 13.1. The van der Waals surface area contributed by atoms with Gasteiger partial charge in [-0.15, -0.1) is 0 Å². The van der Waals surface area contributed by atoms with Crippen LogP contribution in [0.5, 0.6) is 0 Å². The maximum atomic E-state index is 12.7. The second-order valence-corrected chi connectivity index (χ2v) is 10.1. The molecule has 1 atom stereocenters. The maximum Gasteiger partial charge on any atom is 0.326 e. The average molecular weight is 533 g/mol. The van der Waals surface area contributed by atoms with Crippen molar-refractivity contribution in [2.24, 2.45) is 7.05 Å². The number of aryl methyl sites for hydroxylation is 1. The predicted octanol–water partition coefficient (Wildman–Crippen LogP) is 3.32. The van der Waals surface area contributed by atoms with Crippen molar-refractivity contribution in [1.82, 2.24) is 34.4 Å². The Labute approximate surface area is 223 Å². The van der Waals surface area contributed by atoms with Crippen molar-refractivity contribution >= 4 is 39.6 Å². The van der Waals surface area contributed by atoms with E-state index in [0.29, 0.717) is 28.6 Å². The van der Waals surface area contributed by atoms with Crippen LogP contribution in [0.25, 0.3) is 22.2 Å². The van der Waals surface area contributed by atoms with E-state index in [9.17, 15) is 9.90 Å². The molecule has 0 bridgehead atoms. The summed E-state index contributed by atoms with van der Waals surface area (Å²) in [5, 5.41) is 14.7. The van der Waals surface area contributed by atoms with Crippen molar-refractivity contribution in [1.29, 1.82) is 0 Å². The summed E-state index contributed by atoms with van der Waals surface area (Å²) in [6.45, 7) is 2.04. The molecule has 2 aromatic carbocycles. The van der Waals surface area contributed by atoms with Crippen LogP contribution in [0.1, 0.15) is 36.5 Å². The zero-order valence-corrected chi connectivity index (χ0v) is 21.8. The van der Waals surface area contributed by atoms with Crippen LogP contribution in [-0.4, -0.2) is 53.8 Å². The van der Waals surface area contributed by atoms with Crippen LogP contribution in [0.15, 0.2) is 59.7 Å². The molecule has 1 aliphatic heterocycles. The molecule has 4 heterocycles. The van der Waals surface area contributed by atoms with Crippen LogP contribution < -0.4 is 15.9 Å². The first-order valence-electron chi connectivity index (χ1n) is 12.8. The number of nitrogens with zero attached hydrogens (tertiary/aromatic N) is 6. The minimum Gasteiger partial charge on any atom is -0.371 e. The lowest BCUT2D eigenvalue weighted by Gasteiger charge is -2.33. The summed E-state index contributed by atoms with van der Waals surface area (Å²) in [4.78, 5) is 31.6. The van der Waals surface area contributed by atoms with E-state index in [0.717, 1.165) is 54.8 Å². The Hall–Kier alpha value is -3.73. The highest BCUT2D eigenvalue weighted by atomic mass is 35.5. The number of benzene rings is 2. The van der Waals surface area contributed by atoms with Gasteiger partial charge in [0, 0.05) is 37.7 Å². The molecule has 1 saturated heterocycles. The number of H-pyrrole nitrogens is 1. The topological polar surface area (TPSA) is 117 Å². The van der Waals surface area contributed by atoms with Crippen molar-refractivity contribution in [2.45, 2.75) is 31.5 Å². The van der Waals surface area contributed by atoms with Gasteiger partial charge < -0.3 is 19.6 Å². The molecule has 38 heavy (non-hydrogen) atoms. The smallest absolute Gasteiger partial charge is 0.326 e. The molecule has 196 valence electrons.